The first-order chi connectivity index (χ1) is 10.8. The van der Waals surface area contributed by atoms with E-state index in [1.165, 1.54) is 4.90 Å². The molecule has 1 aromatic heterocycles. The first kappa shape index (κ1) is 17.5. The molecule has 1 amide bonds. The topological polar surface area (TPSA) is 73.7 Å². The lowest BCUT2D eigenvalue weighted by atomic mass is 10.1. The highest BCUT2D eigenvalue weighted by atomic mass is 16.6. The van der Waals surface area contributed by atoms with Gasteiger partial charge in [-0.05, 0) is 20.8 Å². The Hall–Kier alpha value is -1.89. The van der Waals surface area contributed by atoms with Crippen LogP contribution in [-0.2, 0) is 27.7 Å². The molecule has 0 N–H and O–H groups in total. The van der Waals surface area contributed by atoms with Gasteiger partial charge in [0, 0.05) is 38.8 Å². The van der Waals surface area contributed by atoms with Crippen LogP contribution >= 0.6 is 0 Å². The van der Waals surface area contributed by atoms with E-state index in [2.05, 4.69) is 4.98 Å². The van der Waals surface area contributed by atoms with Crippen LogP contribution < -0.4 is 0 Å². The average molecular weight is 323 g/mol. The maximum absolute atomic E-state index is 12.5. The molecule has 2 rings (SSSR count). The second kappa shape index (κ2) is 7.12. The van der Waals surface area contributed by atoms with Gasteiger partial charge >= 0.3 is 6.09 Å². The van der Waals surface area contributed by atoms with Crippen LogP contribution in [0.2, 0.25) is 0 Å². The number of hydrogen-bond acceptors (Lipinski definition) is 5. The van der Waals surface area contributed by atoms with Gasteiger partial charge in [0.05, 0.1) is 13.2 Å². The summed E-state index contributed by atoms with van der Waals surface area (Å²) in [6.07, 6.45) is 3.95. The van der Waals surface area contributed by atoms with Crippen LogP contribution in [0.15, 0.2) is 12.4 Å². The Morgan fingerprint density at radius 1 is 1.43 bits per heavy atom. The summed E-state index contributed by atoms with van der Waals surface area (Å²) in [5.74, 6) is 0.817. The van der Waals surface area contributed by atoms with Gasteiger partial charge in [0.25, 0.3) is 0 Å². The standard InChI is InChI=1S/C16H25N3O4/c1-16(2,3)23-15(21)19-9-10-22-11-12(19)13(20)5-6-14-17-7-8-18(14)4/h7-8,12H,5-6,9-11H2,1-4H3. The highest BCUT2D eigenvalue weighted by molar-refractivity contribution is 5.88. The summed E-state index contributed by atoms with van der Waals surface area (Å²) in [7, 11) is 1.89. The number of hydrogen-bond donors (Lipinski definition) is 0. The normalized spacial score (nSPS) is 18.8. The zero-order valence-corrected chi connectivity index (χ0v) is 14.2. The highest BCUT2D eigenvalue weighted by Crippen LogP contribution is 2.16. The van der Waals surface area contributed by atoms with Gasteiger partial charge in [-0.2, -0.15) is 0 Å². The fourth-order valence-electron chi connectivity index (χ4n) is 2.45. The number of nitrogens with zero attached hydrogens (tertiary/aromatic N) is 3. The zero-order chi connectivity index (χ0) is 17.0. The van der Waals surface area contributed by atoms with E-state index < -0.39 is 17.7 Å². The van der Waals surface area contributed by atoms with Crippen LogP contribution in [0.3, 0.4) is 0 Å². The minimum absolute atomic E-state index is 0.0291. The lowest BCUT2D eigenvalue weighted by molar-refractivity contribution is -0.130. The molecule has 2 heterocycles. The number of ether oxygens (including phenoxy) is 2. The van der Waals surface area contributed by atoms with Gasteiger partial charge in [-0.1, -0.05) is 0 Å². The van der Waals surface area contributed by atoms with E-state index in [4.69, 9.17) is 9.47 Å². The molecule has 1 aliphatic rings. The van der Waals surface area contributed by atoms with Gasteiger partial charge in [-0.15, -0.1) is 0 Å². The predicted octanol–water partition coefficient (Wildman–Crippen LogP) is 1.56. The van der Waals surface area contributed by atoms with E-state index in [0.717, 1.165) is 5.82 Å². The summed E-state index contributed by atoms with van der Waals surface area (Å²) < 4.78 is 12.7. The zero-order valence-electron chi connectivity index (χ0n) is 14.2. The second-order valence-corrected chi connectivity index (χ2v) is 6.69. The number of Topliss-reactive ketones (excluding diaryl/α,β-unsaturated/α-hetero) is 1. The number of imidazole rings is 1. The van der Waals surface area contributed by atoms with E-state index in [1.807, 2.05) is 38.6 Å². The van der Waals surface area contributed by atoms with Crippen molar-refractivity contribution in [1.82, 2.24) is 14.5 Å². The first-order valence-electron chi connectivity index (χ1n) is 7.84. The third-order valence-electron chi connectivity index (χ3n) is 3.64. The summed E-state index contributed by atoms with van der Waals surface area (Å²) in [4.78, 5) is 30.5. The molecule has 1 fully saturated rings. The molecule has 0 spiro atoms. The quantitative estimate of drug-likeness (QED) is 0.840. The van der Waals surface area contributed by atoms with Crippen LogP contribution in [-0.4, -0.2) is 57.7 Å². The molecule has 0 radical (unpaired) electrons. The van der Waals surface area contributed by atoms with Crippen molar-refractivity contribution in [2.75, 3.05) is 19.8 Å². The monoisotopic (exact) mass is 323 g/mol. The molecule has 1 aromatic rings. The Bertz CT molecular complexity index is 562. The molecule has 0 aromatic carbocycles. The van der Waals surface area contributed by atoms with E-state index in [1.54, 1.807) is 6.20 Å². The number of amides is 1. The molecule has 7 heteroatoms. The van der Waals surface area contributed by atoms with Crippen molar-refractivity contribution >= 4 is 11.9 Å². The molecule has 1 unspecified atom stereocenters. The Balaban J connectivity index is 1.98. The third-order valence-corrected chi connectivity index (χ3v) is 3.64. The minimum Gasteiger partial charge on any atom is -0.444 e. The summed E-state index contributed by atoms with van der Waals surface area (Å²) in [6, 6.07) is -0.584. The van der Waals surface area contributed by atoms with Crippen molar-refractivity contribution in [2.45, 2.75) is 45.3 Å². The number of rotatable bonds is 4. The van der Waals surface area contributed by atoms with Crippen LogP contribution in [0.5, 0.6) is 0 Å². The maximum Gasteiger partial charge on any atom is 0.411 e. The van der Waals surface area contributed by atoms with Crippen LogP contribution in [0, 0.1) is 0 Å². The molecule has 1 saturated heterocycles. The second-order valence-electron chi connectivity index (χ2n) is 6.69. The fraction of sp³-hybridized carbons (Fsp3) is 0.688. The van der Waals surface area contributed by atoms with E-state index in [0.29, 0.717) is 26.0 Å². The van der Waals surface area contributed by atoms with Crippen LogP contribution in [0.25, 0.3) is 0 Å². The molecular formula is C16H25N3O4. The summed E-state index contributed by atoms with van der Waals surface area (Å²) in [5, 5.41) is 0. The Morgan fingerprint density at radius 2 is 2.17 bits per heavy atom. The predicted molar refractivity (Wildman–Crippen MR) is 84.1 cm³/mol. The van der Waals surface area contributed by atoms with Crippen molar-refractivity contribution in [1.29, 1.82) is 0 Å². The highest BCUT2D eigenvalue weighted by Gasteiger charge is 2.35. The van der Waals surface area contributed by atoms with E-state index in [9.17, 15) is 9.59 Å². The smallest absolute Gasteiger partial charge is 0.411 e. The Kier molecular flexibility index (Phi) is 5.41. The number of carbonyl (C=O) groups is 2. The van der Waals surface area contributed by atoms with Crippen molar-refractivity contribution < 1.29 is 19.1 Å². The number of carbonyl (C=O) groups excluding carboxylic acids is 2. The Morgan fingerprint density at radius 3 is 2.78 bits per heavy atom. The van der Waals surface area contributed by atoms with Crippen molar-refractivity contribution in [3.8, 4) is 0 Å². The Labute approximate surface area is 136 Å². The SMILES string of the molecule is Cn1ccnc1CCC(=O)C1COCCN1C(=O)OC(C)(C)C. The first-order valence-corrected chi connectivity index (χ1v) is 7.84. The van der Waals surface area contributed by atoms with Crippen molar-refractivity contribution in [2.24, 2.45) is 7.05 Å². The molecule has 0 bridgehead atoms. The van der Waals surface area contributed by atoms with Gasteiger partial charge < -0.3 is 14.0 Å². The number of ketones is 1. The molecule has 23 heavy (non-hydrogen) atoms. The molecule has 7 nitrogen and oxygen atoms in total. The average Bonchev–Trinajstić information content (AvgIpc) is 2.88. The van der Waals surface area contributed by atoms with Crippen LogP contribution in [0.1, 0.15) is 33.0 Å². The summed E-state index contributed by atoms with van der Waals surface area (Å²) >= 11 is 0. The minimum atomic E-state index is -0.587. The third kappa shape index (κ3) is 4.79. The molecule has 1 aliphatic heterocycles. The van der Waals surface area contributed by atoms with Gasteiger partial charge in [0.1, 0.15) is 17.5 Å². The molecule has 0 aliphatic carbocycles. The lowest BCUT2D eigenvalue weighted by Crippen LogP contribution is -2.53. The molecule has 128 valence electrons. The van der Waals surface area contributed by atoms with E-state index >= 15 is 0 Å². The largest absolute Gasteiger partial charge is 0.444 e. The number of morpholine rings is 1. The fourth-order valence-corrected chi connectivity index (χ4v) is 2.45. The number of aryl methyl sites for hydroxylation is 2. The maximum atomic E-state index is 12.5. The molecule has 1 atom stereocenters. The summed E-state index contributed by atoms with van der Waals surface area (Å²) in [5.41, 5.74) is -0.587. The lowest BCUT2D eigenvalue weighted by Gasteiger charge is -2.35. The van der Waals surface area contributed by atoms with Crippen LogP contribution in [0.4, 0.5) is 4.79 Å². The molecular weight excluding hydrogens is 298 g/mol. The van der Waals surface area contributed by atoms with Gasteiger partial charge in [0.15, 0.2) is 5.78 Å². The van der Waals surface area contributed by atoms with Crippen molar-refractivity contribution in [3.05, 3.63) is 18.2 Å². The number of aromatic nitrogens is 2. The van der Waals surface area contributed by atoms with E-state index in [-0.39, 0.29) is 12.4 Å². The van der Waals surface area contributed by atoms with Gasteiger partial charge in [0.2, 0.25) is 0 Å². The van der Waals surface area contributed by atoms with Crippen molar-refractivity contribution in [3.63, 3.8) is 0 Å². The van der Waals surface area contributed by atoms with Gasteiger partial charge in [-0.25, -0.2) is 9.78 Å². The molecule has 0 saturated carbocycles. The van der Waals surface area contributed by atoms with Gasteiger partial charge in [-0.3, -0.25) is 9.69 Å². The summed E-state index contributed by atoms with van der Waals surface area (Å²) in [6.45, 7) is 6.44.